The van der Waals surface area contributed by atoms with E-state index in [4.69, 9.17) is 26.8 Å². The molecule has 35 heavy (non-hydrogen) atoms. The van der Waals surface area contributed by atoms with E-state index >= 15 is 0 Å². The van der Waals surface area contributed by atoms with Gasteiger partial charge in [0, 0.05) is 23.7 Å². The fourth-order valence-electron chi connectivity index (χ4n) is 2.86. The van der Waals surface area contributed by atoms with Crippen molar-refractivity contribution >= 4 is 40.9 Å². The van der Waals surface area contributed by atoms with Crippen LogP contribution < -0.4 is 10.6 Å². The largest absolute Gasteiger partial charge is 0.443 e. The number of nitrogens with two attached hydrogens (primary N) is 1. The molecular weight excluding hydrogens is 489 g/mol. The van der Waals surface area contributed by atoms with Crippen molar-refractivity contribution in [3.05, 3.63) is 57.9 Å². The van der Waals surface area contributed by atoms with Gasteiger partial charge in [0.15, 0.2) is 11.6 Å². The number of amides is 2. The number of ketones is 1. The predicted molar refractivity (Wildman–Crippen MR) is 125 cm³/mol. The van der Waals surface area contributed by atoms with E-state index in [1.54, 1.807) is 0 Å². The second-order valence-electron chi connectivity index (χ2n) is 9.66. The van der Waals surface area contributed by atoms with Gasteiger partial charge in [0.1, 0.15) is 22.8 Å². The van der Waals surface area contributed by atoms with Gasteiger partial charge in [0.25, 0.3) is 0 Å². The molecule has 0 bridgehead atoms. The summed E-state index contributed by atoms with van der Waals surface area (Å²) in [6.07, 6.45) is -3.27. The molecule has 2 rings (SSSR count). The highest BCUT2D eigenvalue weighted by Gasteiger charge is 2.35. The Morgan fingerprint density at radius 3 is 1.86 bits per heavy atom. The number of hydrogen-bond donors (Lipinski definition) is 1. The van der Waals surface area contributed by atoms with E-state index < -0.39 is 69.3 Å². The Bertz CT molecular complexity index is 1150. The summed E-state index contributed by atoms with van der Waals surface area (Å²) in [6.45, 7) is 9.15. The van der Waals surface area contributed by atoms with Crippen LogP contribution in [0.5, 0.6) is 0 Å². The minimum Gasteiger partial charge on any atom is -0.443 e. The summed E-state index contributed by atoms with van der Waals surface area (Å²) in [5, 5.41) is -0.518. The van der Waals surface area contributed by atoms with Crippen LogP contribution in [0.2, 0.25) is 5.02 Å². The van der Waals surface area contributed by atoms with Gasteiger partial charge in [0.05, 0.1) is 10.7 Å². The number of nitrogens with zero attached hydrogens (tertiary/aromatic N) is 1. The molecule has 2 N–H and O–H groups in total. The zero-order chi connectivity index (χ0) is 26.9. The minimum absolute atomic E-state index is 0.0865. The number of imide groups is 1. The summed E-state index contributed by atoms with van der Waals surface area (Å²) in [7, 11) is 0. The molecule has 0 aliphatic carbocycles. The van der Waals surface area contributed by atoms with Crippen LogP contribution in [0, 0.1) is 17.5 Å². The SMILES string of the molecule is CC(C)(C)OC(=O)N(C(=O)OC(C)(C)C)c1cc(CC(=O)c2cc(N)cc(F)c2Cl)c(F)cc1F. The normalized spacial score (nSPS) is 11.7. The maximum atomic E-state index is 14.8. The van der Waals surface area contributed by atoms with Crippen LogP contribution in [-0.4, -0.2) is 29.2 Å². The van der Waals surface area contributed by atoms with Crippen LogP contribution in [0.4, 0.5) is 34.1 Å². The minimum atomic E-state index is -1.29. The molecule has 11 heteroatoms. The topological polar surface area (TPSA) is 98.9 Å². The summed E-state index contributed by atoms with van der Waals surface area (Å²) >= 11 is 5.84. The lowest BCUT2D eigenvalue weighted by atomic mass is 10.0. The highest BCUT2D eigenvalue weighted by atomic mass is 35.5. The lowest BCUT2D eigenvalue weighted by Crippen LogP contribution is -2.44. The molecule has 0 aromatic heterocycles. The van der Waals surface area contributed by atoms with E-state index in [-0.39, 0.29) is 16.2 Å². The van der Waals surface area contributed by atoms with Crippen molar-refractivity contribution in [3.8, 4) is 0 Å². The van der Waals surface area contributed by atoms with Crippen LogP contribution in [0.3, 0.4) is 0 Å². The van der Waals surface area contributed by atoms with Gasteiger partial charge < -0.3 is 15.2 Å². The quantitative estimate of drug-likeness (QED) is 0.372. The van der Waals surface area contributed by atoms with Crippen molar-refractivity contribution in [2.45, 2.75) is 59.2 Å². The highest BCUT2D eigenvalue weighted by molar-refractivity contribution is 6.34. The molecule has 0 fully saturated rings. The van der Waals surface area contributed by atoms with Gasteiger partial charge in [-0.1, -0.05) is 11.6 Å². The molecule has 0 saturated heterocycles. The Labute approximate surface area is 205 Å². The van der Waals surface area contributed by atoms with Crippen molar-refractivity contribution in [1.82, 2.24) is 0 Å². The number of carbonyl (C=O) groups is 3. The number of benzene rings is 2. The van der Waals surface area contributed by atoms with Crippen LogP contribution >= 0.6 is 11.6 Å². The first kappa shape index (κ1) is 28.0. The second kappa shape index (κ2) is 10.2. The number of rotatable bonds is 4. The van der Waals surface area contributed by atoms with Crippen LogP contribution in [0.1, 0.15) is 57.5 Å². The molecule has 0 aliphatic heterocycles. The molecule has 0 saturated carbocycles. The van der Waals surface area contributed by atoms with Gasteiger partial charge >= 0.3 is 12.2 Å². The van der Waals surface area contributed by atoms with Crippen LogP contribution in [0.15, 0.2) is 24.3 Å². The summed E-state index contributed by atoms with van der Waals surface area (Å²) in [5.41, 5.74) is 1.91. The van der Waals surface area contributed by atoms with Gasteiger partial charge in [-0.2, -0.15) is 4.90 Å². The monoisotopic (exact) mass is 514 g/mol. The molecule has 0 spiro atoms. The Balaban J connectivity index is 2.55. The molecule has 0 unspecified atom stereocenters. The lowest BCUT2D eigenvalue weighted by molar-refractivity contribution is 0.0428. The first-order valence-corrected chi connectivity index (χ1v) is 10.8. The zero-order valence-corrected chi connectivity index (χ0v) is 20.9. The summed E-state index contributed by atoms with van der Waals surface area (Å²) in [5.74, 6) is -4.22. The highest BCUT2D eigenvalue weighted by Crippen LogP contribution is 2.30. The Morgan fingerprint density at radius 1 is 0.857 bits per heavy atom. The third-order valence-electron chi connectivity index (χ3n) is 4.21. The molecular formula is C24H26ClF3N2O5. The number of nitrogen functional groups attached to an aromatic ring is 1. The number of hydrogen-bond acceptors (Lipinski definition) is 6. The average Bonchev–Trinajstić information content (AvgIpc) is 2.65. The fraction of sp³-hybridized carbons (Fsp3) is 0.375. The maximum absolute atomic E-state index is 14.8. The van der Waals surface area contributed by atoms with Gasteiger partial charge in [-0.05, 0) is 65.3 Å². The van der Waals surface area contributed by atoms with E-state index in [0.717, 1.165) is 18.2 Å². The van der Waals surface area contributed by atoms with Crippen molar-refractivity contribution < 1.29 is 37.0 Å². The number of halogens is 4. The molecule has 0 heterocycles. The molecule has 0 radical (unpaired) electrons. The Hall–Kier alpha value is -3.27. The van der Waals surface area contributed by atoms with E-state index in [9.17, 15) is 27.6 Å². The molecule has 0 atom stereocenters. The summed E-state index contributed by atoms with van der Waals surface area (Å²) in [4.78, 5) is 38.6. The summed E-state index contributed by atoms with van der Waals surface area (Å²) < 4.78 is 53.7. The first-order chi connectivity index (χ1) is 15.9. The van der Waals surface area contributed by atoms with E-state index in [2.05, 4.69) is 0 Å². The van der Waals surface area contributed by atoms with Crippen molar-refractivity contribution in [2.75, 3.05) is 10.6 Å². The van der Waals surface area contributed by atoms with Crippen molar-refractivity contribution in [1.29, 1.82) is 0 Å². The number of anilines is 2. The number of ether oxygens (including phenoxy) is 2. The van der Waals surface area contributed by atoms with Crippen LogP contribution in [-0.2, 0) is 15.9 Å². The number of carbonyl (C=O) groups excluding carboxylic acids is 3. The third kappa shape index (κ3) is 7.35. The van der Waals surface area contributed by atoms with Gasteiger partial charge in [0.2, 0.25) is 0 Å². The Kier molecular flexibility index (Phi) is 8.11. The molecule has 2 aromatic carbocycles. The average molecular weight is 515 g/mol. The van der Waals surface area contributed by atoms with Gasteiger partial charge in [-0.25, -0.2) is 22.8 Å². The van der Waals surface area contributed by atoms with E-state index in [0.29, 0.717) is 6.07 Å². The fourth-order valence-corrected chi connectivity index (χ4v) is 3.07. The van der Waals surface area contributed by atoms with Gasteiger partial charge in [-0.15, -0.1) is 0 Å². The third-order valence-corrected chi connectivity index (χ3v) is 4.59. The molecule has 7 nitrogen and oxygen atoms in total. The smallest absolute Gasteiger partial charge is 0.424 e. The van der Waals surface area contributed by atoms with E-state index in [1.807, 2.05) is 0 Å². The summed E-state index contributed by atoms with van der Waals surface area (Å²) in [6, 6.07) is 3.23. The zero-order valence-electron chi connectivity index (χ0n) is 20.1. The standard InChI is InChI=1S/C24H26ClF3N2O5/c1-23(2,3)34-21(32)30(22(33)35-24(4,5)6)18-7-12(15(26)11-16(18)27)8-19(31)14-9-13(29)10-17(28)20(14)25/h7,9-11H,8,29H2,1-6H3. The first-order valence-electron chi connectivity index (χ1n) is 10.4. The van der Waals surface area contributed by atoms with Crippen molar-refractivity contribution in [3.63, 3.8) is 0 Å². The van der Waals surface area contributed by atoms with E-state index in [1.165, 1.54) is 41.5 Å². The second-order valence-corrected chi connectivity index (χ2v) is 10.0. The lowest BCUT2D eigenvalue weighted by Gasteiger charge is -2.29. The van der Waals surface area contributed by atoms with Crippen molar-refractivity contribution in [2.24, 2.45) is 0 Å². The molecule has 2 amide bonds. The van der Waals surface area contributed by atoms with Crippen LogP contribution in [0.25, 0.3) is 0 Å². The predicted octanol–water partition coefficient (Wildman–Crippen LogP) is 6.44. The van der Waals surface area contributed by atoms with Gasteiger partial charge in [-0.3, -0.25) is 4.79 Å². The number of Topliss-reactive ketones (excluding diaryl/α,β-unsaturated/α-hetero) is 1. The maximum Gasteiger partial charge on any atom is 0.424 e. The molecule has 0 aliphatic rings. The molecule has 190 valence electrons. The Morgan fingerprint density at radius 2 is 1.37 bits per heavy atom. The molecule has 2 aromatic rings.